The lowest BCUT2D eigenvalue weighted by atomic mass is 9.72. The number of anilines is 1. The van der Waals surface area contributed by atoms with Gasteiger partial charge in [-0.15, -0.1) is 0 Å². The van der Waals surface area contributed by atoms with E-state index in [1.165, 1.54) is 0 Å². The van der Waals surface area contributed by atoms with Crippen LogP contribution in [-0.2, 0) is 9.59 Å². The quantitative estimate of drug-likeness (QED) is 0.822. The van der Waals surface area contributed by atoms with E-state index in [9.17, 15) is 20.1 Å². The monoisotopic (exact) mass is 388 g/mol. The summed E-state index contributed by atoms with van der Waals surface area (Å²) in [5.41, 5.74) is 0.852. The zero-order valence-corrected chi connectivity index (χ0v) is 16.1. The number of hydrogen-bond donors (Lipinski definition) is 2. The molecule has 0 aliphatic carbocycles. The summed E-state index contributed by atoms with van der Waals surface area (Å²) in [7, 11) is 0. The number of thioether (sulfide) groups is 1. The summed E-state index contributed by atoms with van der Waals surface area (Å²) < 4.78 is 0. The molecule has 0 radical (unpaired) electrons. The molecule has 2 rings (SSSR count). The van der Waals surface area contributed by atoms with Crippen LogP contribution in [0.25, 0.3) is 0 Å². The van der Waals surface area contributed by atoms with E-state index in [-0.39, 0.29) is 11.7 Å². The van der Waals surface area contributed by atoms with Gasteiger partial charge in [-0.2, -0.15) is 10.5 Å². The Morgan fingerprint density at radius 3 is 2.69 bits per heavy atom. The lowest BCUT2D eigenvalue weighted by molar-refractivity contribution is -0.125. The first-order chi connectivity index (χ1) is 12.2. The Balaban J connectivity index is 2.13. The Kier molecular flexibility index (Phi) is 5.97. The van der Waals surface area contributed by atoms with Crippen molar-refractivity contribution in [2.45, 2.75) is 20.8 Å². The second-order valence-corrected chi connectivity index (χ2v) is 7.81. The molecule has 1 atom stereocenters. The van der Waals surface area contributed by atoms with Crippen LogP contribution in [0.15, 0.2) is 28.8 Å². The lowest BCUT2D eigenvalue weighted by Crippen LogP contribution is -2.44. The van der Waals surface area contributed by atoms with Crippen molar-refractivity contribution < 1.29 is 9.59 Å². The van der Waals surface area contributed by atoms with Crippen LogP contribution in [0.1, 0.15) is 19.4 Å². The minimum absolute atomic E-state index is 0.0101. The van der Waals surface area contributed by atoms with E-state index in [0.717, 1.165) is 17.3 Å². The van der Waals surface area contributed by atoms with E-state index in [0.29, 0.717) is 21.3 Å². The van der Waals surface area contributed by atoms with Crippen molar-refractivity contribution in [1.29, 1.82) is 10.5 Å². The minimum Gasteiger partial charge on any atom is -0.325 e. The molecule has 1 aromatic rings. The fourth-order valence-corrected chi connectivity index (χ4v) is 3.83. The average Bonchev–Trinajstić information content (AvgIpc) is 2.55. The molecule has 1 heterocycles. The number of carbonyl (C=O) groups is 2. The Morgan fingerprint density at radius 2 is 2.12 bits per heavy atom. The predicted octanol–water partition coefficient (Wildman–Crippen LogP) is 3.35. The fraction of sp³-hybridized carbons (Fsp3) is 0.333. The Hall–Kier alpha value is -2.48. The molecular weight excluding hydrogens is 372 g/mol. The number of nitrogens with one attached hydrogen (secondary N) is 2. The largest absolute Gasteiger partial charge is 0.325 e. The molecule has 134 valence electrons. The normalized spacial score (nSPS) is 18.5. The zero-order valence-electron chi connectivity index (χ0n) is 14.5. The van der Waals surface area contributed by atoms with Gasteiger partial charge in [-0.3, -0.25) is 9.59 Å². The molecule has 1 aliphatic heterocycles. The maximum atomic E-state index is 12.2. The van der Waals surface area contributed by atoms with Gasteiger partial charge in [-0.25, -0.2) is 0 Å². The van der Waals surface area contributed by atoms with Gasteiger partial charge in [-0.05, 0) is 30.7 Å². The third kappa shape index (κ3) is 4.01. The van der Waals surface area contributed by atoms with Gasteiger partial charge in [0.1, 0.15) is 5.92 Å². The van der Waals surface area contributed by atoms with Crippen LogP contribution in [0.3, 0.4) is 0 Å². The van der Waals surface area contributed by atoms with E-state index in [1.54, 1.807) is 32.0 Å². The van der Waals surface area contributed by atoms with E-state index >= 15 is 0 Å². The number of nitrogens with zero attached hydrogens (tertiary/aromatic N) is 2. The van der Waals surface area contributed by atoms with Crippen molar-refractivity contribution in [3.05, 3.63) is 39.4 Å². The molecule has 0 spiro atoms. The average molecular weight is 389 g/mol. The molecule has 0 saturated heterocycles. The standard InChI is InChI=1S/C18H17ClN4O2S/c1-10-6-11(19)4-5-14(10)22-15(24)9-26-17-13(8-21)18(2,3)12(7-20)16(25)23-17/h4-6,12H,9H2,1-3H3,(H,22,24)(H,23,25)/t12-/m0/s1. The van der Waals surface area contributed by atoms with Gasteiger partial charge in [0, 0.05) is 16.1 Å². The van der Waals surface area contributed by atoms with Gasteiger partial charge in [0.2, 0.25) is 11.8 Å². The molecule has 6 nitrogen and oxygen atoms in total. The summed E-state index contributed by atoms with van der Waals surface area (Å²) in [5, 5.41) is 24.9. The van der Waals surface area contributed by atoms with Gasteiger partial charge in [-0.1, -0.05) is 37.2 Å². The molecule has 0 bridgehead atoms. The van der Waals surface area contributed by atoms with E-state index in [1.807, 2.05) is 13.0 Å². The van der Waals surface area contributed by atoms with Crippen molar-refractivity contribution in [3.63, 3.8) is 0 Å². The second kappa shape index (κ2) is 7.82. The van der Waals surface area contributed by atoms with Crippen molar-refractivity contribution >= 4 is 40.9 Å². The number of amides is 2. The number of allylic oxidation sites excluding steroid dienone is 1. The summed E-state index contributed by atoms with van der Waals surface area (Å²) >= 11 is 6.96. The van der Waals surface area contributed by atoms with Gasteiger partial charge >= 0.3 is 0 Å². The third-order valence-corrected chi connectivity index (χ3v) is 5.38. The maximum absolute atomic E-state index is 12.2. The molecule has 0 unspecified atom stereocenters. The Morgan fingerprint density at radius 1 is 1.42 bits per heavy atom. The lowest BCUT2D eigenvalue weighted by Gasteiger charge is -2.34. The summed E-state index contributed by atoms with van der Waals surface area (Å²) in [6.45, 7) is 5.18. The van der Waals surface area contributed by atoms with Crippen LogP contribution >= 0.6 is 23.4 Å². The molecule has 26 heavy (non-hydrogen) atoms. The van der Waals surface area contributed by atoms with Crippen molar-refractivity contribution in [1.82, 2.24) is 5.32 Å². The molecule has 2 amide bonds. The molecule has 8 heteroatoms. The fourth-order valence-electron chi connectivity index (χ4n) is 2.63. The number of carbonyl (C=O) groups excluding carboxylic acids is 2. The van der Waals surface area contributed by atoms with E-state index in [2.05, 4.69) is 16.7 Å². The maximum Gasteiger partial charge on any atom is 0.243 e. The number of benzene rings is 1. The number of rotatable bonds is 4. The second-order valence-electron chi connectivity index (χ2n) is 6.39. The summed E-state index contributed by atoms with van der Waals surface area (Å²) in [5.74, 6) is -1.68. The zero-order chi connectivity index (χ0) is 19.5. The first kappa shape index (κ1) is 19.8. The summed E-state index contributed by atoms with van der Waals surface area (Å²) in [4.78, 5) is 24.3. The highest BCUT2D eigenvalue weighted by molar-refractivity contribution is 8.03. The van der Waals surface area contributed by atoms with Gasteiger partial charge in [0.15, 0.2) is 0 Å². The summed E-state index contributed by atoms with van der Waals surface area (Å²) in [6.07, 6.45) is 0. The highest BCUT2D eigenvalue weighted by Gasteiger charge is 2.44. The van der Waals surface area contributed by atoms with Crippen molar-refractivity contribution in [2.24, 2.45) is 11.3 Å². The summed E-state index contributed by atoms with van der Waals surface area (Å²) in [6, 6.07) is 9.14. The third-order valence-electron chi connectivity index (χ3n) is 4.14. The molecule has 1 aromatic carbocycles. The first-order valence-electron chi connectivity index (χ1n) is 7.74. The highest BCUT2D eigenvalue weighted by atomic mass is 35.5. The van der Waals surface area contributed by atoms with Crippen LogP contribution in [0.4, 0.5) is 5.69 Å². The SMILES string of the molecule is Cc1cc(Cl)ccc1NC(=O)CSC1=C(C#N)C(C)(C)[C@@H](C#N)C(=O)N1. The molecule has 0 aromatic heterocycles. The van der Waals surface area contributed by atoms with Crippen LogP contribution in [0.5, 0.6) is 0 Å². The Labute approximate surface area is 161 Å². The minimum atomic E-state index is -0.952. The number of halogens is 1. The van der Waals surface area contributed by atoms with Gasteiger partial charge in [0.05, 0.1) is 28.5 Å². The van der Waals surface area contributed by atoms with Crippen molar-refractivity contribution in [2.75, 3.05) is 11.1 Å². The highest BCUT2D eigenvalue weighted by Crippen LogP contribution is 2.41. The van der Waals surface area contributed by atoms with E-state index in [4.69, 9.17) is 11.6 Å². The van der Waals surface area contributed by atoms with Crippen LogP contribution in [0, 0.1) is 40.9 Å². The first-order valence-corrected chi connectivity index (χ1v) is 9.11. The molecule has 2 N–H and O–H groups in total. The van der Waals surface area contributed by atoms with Crippen LogP contribution in [-0.4, -0.2) is 17.6 Å². The molecule has 0 saturated carbocycles. The molecule has 0 fully saturated rings. The Bertz CT molecular complexity index is 880. The van der Waals surface area contributed by atoms with Crippen molar-refractivity contribution in [3.8, 4) is 12.1 Å². The smallest absolute Gasteiger partial charge is 0.243 e. The topological polar surface area (TPSA) is 106 Å². The van der Waals surface area contributed by atoms with Gasteiger partial charge in [0.25, 0.3) is 0 Å². The predicted molar refractivity (Wildman–Crippen MR) is 101 cm³/mol. The van der Waals surface area contributed by atoms with Crippen LogP contribution in [0.2, 0.25) is 5.02 Å². The number of nitriles is 2. The number of aryl methyl sites for hydroxylation is 1. The van der Waals surface area contributed by atoms with Crippen LogP contribution < -0.4 is 10.6 Å². The number of hydrogen-bond acceptors (Lipinski definition) is 5. The van der Waals surface area contributed by atoms with E-state index < -0.39 is 17.2 Å². The molecule has 1 aliphatic rings. The van der Waals surface area contributed by atoms with Gasteiger partial charge < -0.3 is 10.6 Å². The molecular formula is C18H17ClN4O2S.